The van der Waals surface area contributed by atoms with E-state index in [1.54, 1.807) is 11.1 Å². The fourth-order valence-electron chi connectivity index (χ4n) is 7.01. The van der Waals surface area contributed by atoms with E-state index in [1.807, 2.05) is 11.3 Å². The zero-order valence-electron chi connectivity index (χ0n) is 23.1. The van der Waals surface area contributed by atoms with Crippen molar-refractivity contribution in [2.24, 2.45) is 11.8 Å². The Balaban J connectivity index is 1.73. The molecule has 0 nitrogen and oxygen atoms in total. The number of benzene rings is 3. The lowest BCUT2D eigenvalue weighted by molar-refractivity contribution is 0.266. The number of thiophene rings is 1. The Morgan fingerprint density at radius 1 is 0.811 bits per heavy atom. The number of hydrogen-bond donors (Lipinski definition) is 0. The van der Waals surface area contributed by atoms with Gasteiger partial charge in [-0.25, -0.2) is 0 Å². The van der Waals surface area contributed by atoms with E-state index in [1.165, 1.54) is 95.5 Å². The van der Waals surface area contributed by atoms with Crippen molar-refractivity contribution in [2.45, 2.75) is 97.3 Å². The largest absolute Gasteiger partial charge is 0.135 e. The topological polar surface area (TPSA) is 0 Å². The summed E-state index contributed by atoms with van der Waals surface area (Å²) in [7, 11) is 0. The summed E-state index contributed by atoms with van der Waals surface area (Å²) in [5.74, 6) is 1.53. The molecule has 5 rings (SSSR count). The van der Waals surface area contributed by atoms with Crippen molar-refractivity contribution in [1.82, 2.24) is 0 Å². The van der Waals surface area contributed by atoms with Gasteiger partial charge >= 0.3 is 0 Å². The third kappa shape index (κ3) is 5.06. The first-order chi connectivity index (χ1) is 18.0. The van der Waals surface area contributed by atoms with Gasteiger partial charge < -0.3 is 0 Å². The first-order valence-corrected chi connectivity index (χ1v) is 16.3. The molecule has 2 unspecified atom stereocenters. The number of unbranched alkanes of at least 4 members (excludes halogenated alkanes) is 2. The van der Waals surface area contributed by atoms with E-state index in [4.69, 9.17) is 0 Å². The molecule has 0 saturated carbocycles. The molecule has 0 amide bonds. The molecule has 0 spiro atoms. The van der Waals surface area contributed by atoms with Crippen molar-refractivity contribution in [1.29, 1.82) is 0 Å². The SMILES string of the molecule is CCCCC(CC)CC1(CC(CC)CCCC)c2ccccc2-c2cc3sc4cc(Br)c[c]c4c3cc21. The number of hydrogen-bond acceptors (Lipinski definition) is 1. The smallest absolute Gasteiger partial charge is 0.0372 e. The Morgan fingerprint density at radius 2 is 1.49 bits per heavy atom. The summed E-state index contributed by atoms with van der Waals surface area (Å²) >= 11 is 5.58. The molecular formula is C35H42BrS. The summed E-state index contributed by atoms with van der Waals surface area (Å²) in [6, 6.07) is 22.5. The first kappa shape index (κ1) is 26.9. The fraction of sp³-hybridized carbons (Fsp3) is 0.486. The maximum atomic E-state index is 3.67. The van der Waals surface area contributed by atoms with Crippen LogP contribution >= 0.6 is 27.3 Å². The predicted molar refractivity (Wildman–Crippen MR) is 168 cm³/mol. The molecule has 37 heavy (non-hydrogen) atoms. The Morgan fingerprint density at radius 3 is 2.14 bits per heavy atom. The molecule has 0 N–H and O–H groups in total. The number of rotatable bonds is 12. The third-order valence-corrected chi connectivity index (χ3v) is 10.6. The second kappa shape index (κ2) is 11.6. The molecule has 0 bridgehead atoms. The second-order valence-electron chi connectivity index (χ2n) is 11.4. The average molecular weight is 575 g/mol. The summed E-state index contributed by atoms with van der Waals surface area (Å²) in [6.45, 7) is 9.53. The normalized spacial score (nSPS) is 18.3. The lowest BCUT2D eigenvalue weighted by Crippen LogP contribution is -2.31. The summed E-state index contributed by atoms with van der Waals surface area (Å²) < 4.78 is 3.84. The molecule has 1 radical (unpaired) electrons. The Bertz CT molecular complexity index is 1340. The molecule has 2 atom stereocenters. The summed E-state index contributed by atoms with van der Waals surface area (Å²) in [5.41, 5.74) is 6.28. The van der Waals surface area contributed by atoms with Crippen molar-refractivity contribution in [3.05, 3.63) is 70.2 Å². The molecule has 1 aliphatic carbocycles. The molecule has 4 aromatic rings. The molecule has 1 aliphatic rings. The van der Waals surface area contributed by atoms with E-state index in [0.717, 1.165) is 16.3 Å². The lowest BCUT2D eigenvalue weighted by Gasteiger charge is -2.38. The molecule has 2 heteroatoms. The minimum Gasteiger partial charge on any atom is -0.135 e. The van der Waals surface area contributed by atoms with Crippen LogP contribution in [-0.4, -0.2) is 0 Å². The standard InChI is InChI=1S/C35H42BrS/c1-5-9-13-24(7-3)22-35(23-25(8-4)14-10-6-2)31-16-12-11-15-27(31)29-21-34-30(20-32(29)35)28-18-17-26(36)19-33(28)37-34/h11-12,15-17,19-21,24-25H,5-10,13-14,22-23H2,1-4H3. The summed E-state index contributed by atoms with van der Waals surface area (Å²) in [6.07, 6.45) is 13.1. The van der Waals surface area contributed by atoms with Crippen LogP contribution in [0.4, 0.5) is 0 Å². The highest BCUT2D eigenvalue weighted by Crippen LogP contribution is 2.57. The van der Waals surface area contributed by atoms with Gasteiger partial charge in [-0.3, -0.25) is 0 Å². The maximum absolute atomic E-state index is 3.67. The molecule has 0 aliphatic heterocycles. The molecule has 1 heterocycles. The van der Waals surface area contributed by atoms with Crippen molar-refractivity contribution in [2.75, 3.05) is 0 Å². The van der Waals surface area contributed by atoms with Gasteiger partial charge in [0.1, 0.15) is 0 Å². The van der Waals surface area contributed by atoms with Crippen molar-refractivity contribution in [3.8, 4) is 11.1 Å². The summed E-state index contributed by atoms with van der Waals surface area (Å²) in [4.78, 5) is 0. The van der Waals surface area contributed by atoms with Gasteiger partial charge in [0, 0.05) is 30.1 Å². The van der Waals surface area contributed by atoms with Crippen LogP contribution in [0.2, 0.25) is 0 Å². The monoisotopic (exact) mass is 573 g/mol. The Kier molecular flexibility index (Phi) is 8.46. The Labute approximate surface area is 237 Å². The molecule has 3 aromatic carbocycles. The van der Waals surface area contributed by atoms with Gasteiger partial charge in [-0.2, -0.15) is 0 Å². The van der Waals surface area contributed by atoms with Crippen molar-refractivity contribution < 1.29 is 0 Å². The van der Waals surface area contributed by atoms with Crippen LogP contribution in [0, 0.1) is 17.9 Å². The molecule has 195 valence electrons. The quantitative estimate of drug-likeness (QED) is 0.158. The van der Waals surface area contributed by atoms with Crippen LogP contribution in [0.25, 0.3) is 31.3 Å². The van der Waals surface area contributed by atoms with Crippen LogP contribution < -0.4 is 0 Å². The van der Waals surface area contributed by atoms with Gasteiger partial charge in [0.15, 0.2) is 0 Å². The van der Waals surface area contributed by atoms with E-state index in [-0.39, 0.29) is 5.41 Å². The zero-order valence-corrected chi connectivity index (χ0v) is 25.5. The molecule has 0 saturated heterocycles. The van der Waals surface area contributed by atoms with Gasteiger partial charge in [-0.15, -0.1) is 11.3 Å². The van der Waals surface area contributed by atoms with Crippen LogP contribution in [0.15, 0.2) is 53.0 Å². The third-order valence-electron chi connectivity index (χ3n) is 9.09. The van der Waals surface area contributed by atoms with Crippen LogP contribution in [0.5, 0.6) is 0 Å². The van der Waals surface area contributed by atoms with Gasteiger partial charge in [-0.05, 0) is 77.3 Å². The predicted octanol–water partition coefficient (Wildman–Crippen LogP) is 12.1. The molecular weight excluding hydrogens is 532 g/mol. The van der Waals surface area contributed by atoms with E-state index >= 15 is 0 Å². The highest BCUT2D eigenvalue weighted by atomic mass is 79.9. The highest BCUT2D eigenvalue weighted by molar-refractivity contribution is 9.10. The summed E-state index contributed by atoms with van der Waals surface area (Å²) in [5, 5.41) is 2.68. The van der Waals surface area contributed by atoms with Crippen molar-refractivity contribution in [3.63, 3.8) is 0 Å². The average Bonchev–Trinajstić information content (AvgIpc) is 3.40. The number of halogens is 1. The fourth-order valence-corrected chi connectivity index (χ4v) is 8.65. The van der Waals surface area contributed by atoms with Crippen LogP contribution in [0.1, 0.15) is 103 Å². The van der Waals surface area contributed by atoms with Crippen LogP contribution in [-0.2, 0) is 5.41 Å². The van der Waals surface area contributed by atoms with Gasteiger partial charge in [0.25, 0.3) is 0 Å². The minimum absolute atomic E-state index is 0.104. The van der Waals surface area contributed by atoms with E-state index < -0.39 is 0 Å². The van der Waals surface area contributed by atoms with Crippen LogP contribution in [0.3, 0.4) is 0 Å². The Hall–Kier alpha value is -1.64. The van der Waals surface area contributed by atoms with E-state index in [0.29, 0.717) is 0 Å². The number of fused-ring (bicyclic) bond motifs is 6. The second-order valence-corrected chi connectivity index (χ2v) is 13.4. The maximum Gasteiger partial charge on any atom is 0.0372 e. The van der Waals surface area contributed by atoms with Gasteiger partial charge in [-0.1, -0.05) is 119 Å². The van der Waals surface area contributed by atoms with Crippen molar-refractivity contribution >= 4 is 47.4 Å². The van der Waals surface area contributed by atoms with Gasteiger partial charge in [0.2, 0.25) is 0 Å². The van der Waals surface area contributed by atoms with E-state index in [2.05, 4.69) is 98.2 Å². The minimum atomic E-state index is 0.104. The molecule has 0 fully saturated rings. The van der Waals surface area contributed by atoms with E-state index in [9.17, 15) is 0 Å². The zero-order chi connectivity index (χ0) is 26.0. The molecule has 1 aromatic heterocycles. The lowest BCUT2D eigenvalue weighted by atomic mass is 9.65. The highest BCUT2D eigenvalue weighted by Gasteiger charge is 2.45. The van der Waals surface area contributed by atoms with Gasteiger partial charge in [0.05, 0.1) is 0 Å². The first-order valence-electron chi connectivity index (χ1n) is 14.7.